The first-order valence-corrected chi connectivity index (χ1v) is 10.6. The number of carbonyl (C=O) groups is 3. The number of aryl methyl sites for hydroxylation is 1. The minimum Gasteiger partial charge on any atom is -0.462 e. The molecule has 0 fully saturated rings. The quantitative estimate of drug-likeness (QED) is 0.461. The monoisotopic (exact) mass is 441 g/mol. The fraction of sp³-hybridized carbons (Fsp3) is 0.273. The van der Waals surface area contributed by atoms with Gasteiger partial charge < -0.3 is 19.2 Å². The van der Waals surface area contributed by atoms with Crippen LogP contribution in [0.4, 0.5) is 5.00 Å². The zero-order valence-electron chi connectivity index (χ0n) is 16.7. The van der Waals surface area contributed by atoms with E-state index >= 15 is 0 Å². The molecule has 1 N–H and O–H groups in total. The van der Waals surface area contributed by atoms with Crippen molar-refractivity contribution in [1.29, 1.82) is 0 Å². The minimum atomic E-state index is -0.964. The van der Waals surface area contributed by atoms with E-state index < -0.39 is 30.1 Å². The van der Waals surface area contributed by atoms with Gasteiger partial charge in [-0.1, -0.05) is 18.2 Å². The number of benzene rings is 1. The molecule has 160 valence electrons. The predicted molar refractivity (Wildman–Crippen MR) is 114 cm³/mol. The van der Waals surface area contributed by atoms with Gasteiger partial charge in [0.05, 0.1) is 12.2 Å². The van der Waals surface area contributed by atoms with Crippen molar-refractivity contribution >= 4 is 45.2 Å². The van der Waals surface area contributed by atoms with Crippen molar-refractivity contribution in [2.24, 2.45) is 0 Å². The number of esters is 2. The number of anilines is 1. The Bertz CT molecular complexity index is 1240. The largest absolute Gasteiger partial charge is 0.462 e. The van der Waals surface area contributed by atoms with E-state index in [4.69, 9.17) is 13.9 Å². The number of hydrogen-bond donors (Lipinski definition) is 1. The highest BCUT2D eigenvalue weighted by Gasteiger charge is 2.28. The predicted octanol–water partition coefficient (Wildman–Crippen LogP) is 3.32. The maximum atomic E-state index is 12.4. The molecule has 31 heavy (non-hydrogen) atoms. The van der Waals surface area contributed by atoms with Crippen molar-refractivity contribution in [1.82, 2.24) is 0 Å². The fourth-order valence-corrected chi connectivity index (χ4v) is 4.78. The summed E-state index contributed by atoms with van der Waals surface area (Å²) in [5, 5.41) is 3.57. The van der Waals surface area contributed by atoms with Crippen LogP contribution in [0.15, 0.2) is 39.5 Å². The summed E-state index contributed by atoms with van der Waals surface area (Å²) in [7, 11) is 0. The number of carbonyl (C=O) groups excluding carboxylic acids is 3. The first-order chi connectivity index (χ1) is 15.0. The summed E-state index contributed by atoms with van der Waals surface area (Å²) in [6, 6.07) is 8.11. The maximum Gasteiger partial charge on any atom is 0.351 e. The van der Waals surface area contributed by atoms with Crippen LogP contribution < -0.4 is 10.9 Å². The van der Waals surface area contributed by atoms with Gasteiger partial charge in [-0.3, -0.25) is 4.79 Å². The molecule has 1 amide bonds. The van der Waals surface area contributed by atoms with Gasteiger partial charge in [0.2, 0.25) is 0 Å². The van der Waals surface area contributed by atoms with Gasteiger partial charge in [0.1, 0.15) is 16.1 Å². The van der Waals surface area contributed by atoms with Gasteiger partial charge in [-0.05, 0) is 43.9 Å². The summed E-state index contributed by atoms with van der Waals surface area (Å²) in [5.74, 6) is -2.07. The molecule has 0 unspecified atom stereocenters. The normalized spacial score (nSPS) is 12.4. The molecule has 1 aliphatic rings. The molecule has 0 aliphatic heterocycles. The van der Waals surface area contributed by atoms with Gasteiger partial charge in [-0.2, -0.15) is 0 Å². The van der Waals surface area contributed by atoms with Crippen LogP contribution in [0.25, 0.3) is 11.0 Å². The molecule has 3 aromatic rings. The summed E-state index contributed by atoms with van der Waals surface area (Å²) in [4.78, 5) is 50.1. The second kappa shape index (κ2) is 8.73. The molecule has 0 bridgehead atoms. The lowest BCUT2D eigenvalue weighted by Crippen LogP contribution is -2.24. The third-order valence-electron chi connectivity index (χ3n) is 4.85. The zero-order chi connectivity index (χ0) is 22.0. The standard InChI is InChI=1S/C22H19NO7S/c1-2-28-22(27)18-13-7-5-9-16(13)31-19(18)23-17(24)11-29-20(25)14-10-12-6-3-4-8-15(12)30-21(14)26/h3-4,6,8,10H,2,5,7,9,11H2,1H3,(H,23,24). The molecule has 9 heteroatoms. The van der Waals surface area contributed by atoms with Crippen molar-refractivity contribution < 1.29 is 28.3 Å². The summed E-state index contributed by atoms with van der Waals surface area (Å²) in [6.45, 7) is 1.32. The van der Waals surface area contributed by atoms with Gasteiger partial charge in [0.15, 0.2) is 6.61 Å². The second-order valence-corrected chi connectivity index (χ2v) is 8.00. The van der Waals surface area contributed by atoms with Crippen LogP contribution in [0.5, 0.6) is 0 Å². The van der Waals surface area contributed by atoms with Crippen LogP contribution in [-0.2, 0) is 27.1 Å². The molecule has 0 saturated carbocycles. The minimum absolute atomic E-state index is 0.225. The fourth-order valence-electron chi connectivity index (χ4n) is 3.49. The van der Waals surface area contributed by atoms with Crippen molar-refractivity contribution in [2.45, 2.75) is 26.2 Å². The van der Waals surface area contributed by atoms with Crippen LogP contribution in [0.3, 0.4) is 0 Å². The zero-order valence-corrected chi connectivity index (χ0v) is 17.5. The molecule has 4 rings (SSSR count). The molecule has 0 atom stereocenters. The molecule has 0 spiro atoms. The van der Waals surface area contributed by atoms with Gasteiger partial charge in [0.25, 0.3) is 5.91 Å². The molecular formula is C22H19NO7S. The molecule has 0 saturated heterocycles. The number of fused-ring (bicyclic) bond motifs is 2. The van der Waals surface area contributed by atoms with Crippen molar-refractivity contribution in [3.05, 3.63) is 62.3 Å². The SMILES string of the molecule is CCOC(=O)c1c(NC(=O)COC(=O)c2cc3ccccc3oc2=O)sc2c1CCC2. The van der Waals surface area contributed by atoms with E-state index in [0.29, 0.717) is 21.5 Å². The first kappa shape index (κ1) is 20.8. The molecule has 0 radical (unpaired) electrons. The van der Waals surface area contributed by atoms with Crippen LogP contribution in [-0.4, -0.2) is 31.1 Å². The number of amides is 1. The lowest BCUT2D eigenvalue weighted by Gasteiger charge is -2.08. The average Bonchev–Trinajstić information content (AvgIpc) is 3.32. The lowest BCUT2D eigenvalue weighted by molar-refractivity contribution is -0.119. The topological polar surface area (TPSA) is 112 Å². The molecule has 2 heterocycles. The highest BCUT2D eigenvalue weighted by Crippen LogP contribution is 2.39. The van der Waals surface area contributed by atoms with Crippen LogP contribution >= 0.6 is 11.3 Å². The van der Waals surface area contributed by atoms with E-state index in [1.807, 2.05) is 0 Å². The molecule has 1 aliphatic carbocycles. The molecule has 1 aromatic carbocycles. The third-order valence-corrected chi connectivity index (χ3v) is 6.06. The van der Waals surface area contributed by atoms with Gasteiger partial charge in [-0.25, -0.2) is 14.4 Å². The Morgan fingerprint density at radius 2 is 1.94 bits per heavy atom. The van der Waals surface area contributed by atoms with E-state index in [0.717, 1.165) is 29.7 Å². The van der Waals surface area contributed by atoms with E-state index in [1.165, 1.54) is 17.4 Å². The Labute approximate surface area is 180 Å². The van der Waals surface area contributed by atoms with Gasteiger partial charge in [0, 0.05) is 10.3 Å². The van der Waals surface area contributed by atoms with Crippen molar-refractivity contribution in [3.8, 4) is 0 Å². The van der Waals surface area contributed by atoms with E-state index in [-0.39, 0.29) is 12.2 Å². The number of rotatable bonds is 6. The third kappa shape index (κ3) is 4.22. The summed E-state index contributed by atoms with van der Waals surface area (Å²) in [6.07, 6.45) is 2.55. The number of hydrogen-bond acceptors (Lipinski definition) is 8. The Kier molecular flexibility index (Phi) is 5.85. The van der Waals surface area contributed by atoms with Crippen LogP contribution in [0.1, 0.15) is 44.5 Å². The number of ether oxygens (including phenoxy) is 2. The van der Waals surface area contributed by atoms with Crippen LogP contribution in [0.2, 0.25) is 0 Å². The summed E-state index contributed by atoms with van der Waals surface area (Å²) < 4.78 is 15.2. The van der Waals surface area contributed by atoms with Crippen molar-refractivity contribution in [3.63, 3.8) is 0 Å². The average molecular weight is 441 g/mol. The highest BCUT2D eigenvalue weighted by atomic mass is 32.1. The summed E-state index contributed by atoms with van der Waals surface area (Å²) in [5.41, 5.74) is 0.481. The molecule has 8 nitrogen and oxygen atoms in total. The molecular weight excluding hydrogens is 422 g/mol. The Morgan fingerprint density at radius 3 is 2.74 bits per heavy atom. The van der Waals surface area contributed by atoms with E-state index in [1.54, 1.807) is 31.2 Å². The number of para-hydroxylation sites is 1. The number of thiophene rings is 1. The Balaban J connectivity index is 1.46. The highest BCUT2D eigenvalue weighted by molar-refractivity contribution is 7.17. The second-order valence-electron chi connectivity index (χ2n) is 6.89. The smallest absolute Gasteiger partial charge is 0.351 e. The van der Waals surface area contributed by atoms with Gasteiger partial charge >= 0.3 is 17.6 Å². The number of nitrogens with one attached hydrogen (secondary N) is 1. The molecule has 2 aromatic heterocycles. The lowest BCUT2D eigenvalue weighted by atomic mass is 10.1. The van der Waals surface area contributed by atoms with Crippen LogP contribution in [0, 0.1) is 0 Å². The summed E-state index contributed by atoms with van der Waals surface area (Å²) >= 11 is 1.33. The van der Waals surface area contributed by atoms with Gasteiger partial charge in [-0.15, -0.1) is 11.3 Å². The van der Waals surface area contributed by atoms with Crippen molar-refractivity contribution in [2.75, 3.05) is 18.5 Å². The Morgan fingerprint density at radius 1 is 1.13 bits per heavy atom. The van der Waals surface area contributed by atoms with E-state index in [9.17, 15) is 19.2 Å². The Hall–Kier alpha value is -3.46. The first-order valence-electron chi connectivity index (χ1n) is 9.79. The van der Waals surface area contributed by atoms with E-state index in [2.05, 4.69) is 5.32 Å². The maximum absolute atomic E-state index is 12.4.